The molecule has 16 nitrogen and oxygen atoms in total. The molecular weight excluding hydrogens is 698 g/mol. The highest BCUT2D eigenvalue weighted by Crippen LogP contribution is 2.18. The summed E-state index contributed by atoms with van der Waals surface area (Å²) in [6, 6.07) is -5.82. The van der Waals surface area contributed by atoms with Crippen molar-refractivity contribution in [2.75, 3.05) is 46.0 Å². The van der Waals surface area contributed by atoms with Gasteiger partial charge in [-0.1, -0.05) is 104 Å². The molecule has 0 aliphatic rings. The Labute approximate surface area is 322 Å². The monoisotopic (exact) mass is 770 g/mol. The van der Waals surface area contributed by atoms with Gasteiger partial charge in [0.25, 0.3) is 35.4 Å². The molecule has 0 radical (unpaired) electrons. The number of hydrogen-bond donors (Lipinski definition) is 7. The van der Waals surface area contributed by atoms with Crippen molar-refractivity contribution in [1.29, 1.82) is 0 Å². The van der Waals surface area contributed by atoms with Gasteiger partial charge in [-0.2, -0.15) is 0 Å². The van der Waals surface area contributed by atoms with Crippen molar-refractivity contribution in [3.8, 4) is 0 Å². The van der Waals surface area contributed by atoms with Gasteiger partial charge in [0.15, 0.2) is 18.1 Å². The van der Waals surface area contributed by atoms with E-state index in [0.29, 0.717) is 6.61 Å². The summed E-state index contributed by atoms with van der Waals surface area (Å²) in [5, 5.41) is 17.3. The first-order chi connectivity index (χ1) is 24.3. The van der Waals surface area contributed by atoms with E-state index in [4.69, 9.17) is 9.47 Å². The molecule has 0 spiro atoms. The second kappa shape index (κ2) is 21.2. The number of hydrogen-bond acceptors (Lipinski definition) is 9. The van der Waals surface area contributed by atoms with Crippen LogP contribution in [0.4, 0.5) is 4.79 Å². The summed E-state index contributed by atoms with van der Waals surface area (Å²) in [4.78, 5) is 94.0. The van der Waals surface area contributed by atoms with Gasteiger partial charge < -0.3 is 46.7 Å². The minimum atomic E-state index is -2.17. The standard InChI is InChI=1S/C38H71N7O9/c1-34(2,3)16-17-53-18-19-54-33(52)45-26(31(50)43-24(27(46)39-20-35(4,5)6)28(47)40-21-36(7,8)9)32(51)44-25(29(48)41-22-37(10,11)12)30(49)42-23-38(13,14)15/h24-26H,16-23H2,1-15H3,(H,39,46)(H,40,47)(H,41,48)(H,42,49)(H,43,50)(H,44,51)(H,45,52). The molecule has 0 aliphatic heterocycles. The molecule has 0 fully saturated rings. The molecule has 0 saturated carbocycles. The van der Waals surface area contributed by atoms with Crippen LogP contribution in [0.3, 0.4) is 0 Å². The molecule has 7 N–H and O–H groups in total. The van der Waals surface area contributed by atoms with Crippen LogP contribution in [0, 0.1) is 27.1 Å². The van der Waals surface area contributed by atoms with Crippen LogP contribution in [0.5, 0.6) is 0 Å². The van der Waals surface area contributed by atoms with Crippen LogP contribution in [0.25, 0.3) is 0 Å². The average Bonchev–Trinajstić information content (AvgIpc) is 2.99. The van der Waals surface area contributed by atoms with E-state index in [2.05, 4.69) is 58.0 Å². The fourth-order valence-corrected chi connectivity index (χ4v) is 3.85. The van der Waals surface area contributed by atoms with Gasteiger partial charge in [-0.25, -0.2) is 4.79 Å². The van der Waals surface area contributed by atoms with Crippen molar-refractivity contribution in [3.63, 3.8) is 0 Å². The van der Waals surface area contributed by atoms with E-state index in [1.165, 1.54) is 0 Å². The molecule has 0 rings (SSSR count). The maximum absolute atomic E-state index is 13.9. The number of ether oxygens (including phenoxy) is 2. The lowest BCUT2D eigenvalue weighted by atomic mass is 9.93. The Kier molecular flexibility index (Phi) is 19.7. The minimum absolute atomic E-state index is 0.0283. The lowest BCUT2D eigenvalue weighted by molar-refractivity contribution is -0.142. The molecule has 0 bridgehead atoms. The Morgan fingerprint density at radius 1 is 0.389 bits per heavy atom. The highest BCUT2D eigenvalue weighted by molar-refractivity contribution is 6.14. The van der Waals surface area contributed by atoms with E-state index < -0.39 is 59.7 Å². The zero-order chi connectivity index (χ0) is 42.3. The molecule has 0 atom stereocenters. The Morgan fingerprint density at radius 2 is 0.685 bits per heavy atom. The third kappa shape index (κ3) is 24.4. The predicted octanol–water partition coefficient (Wildman–Crippen LogP) is 2.15. The summed E-state index contributed by atoms with van der Waals surface area (Å²) < 4.78 is 10.7. The third-order valence-corrected chi connectivity index (χ3v) is 7.04. The van der Waals surface area contributed by atoms with Crippen LogP contribution in [-0.4, -0.2) is 106 Å². The number of rotatable bonds is 18. The van der Waals surface area contributed by atoms with Gasteiger partial charge in [-0.15, -0.1) is 0 Å². The van der Waals surface area contributed by atoms with E-state index in [1.54, 1.807) is 0 Å². The molecule has 0 aromatic carbocycles. The SMILES string of the molecule is CC(C)(C)CCOCCOC(=O)NC(C(=O)NC(C(=O)NCC(C)(C)C)C(=O)NCC(C)(C)C)C(=O)NC(C(=O)NCC(C)(C)C)C(=O)NCC(C)(C)C. The highest BCUT2D eigenvalue weighted by Gasteiger charge is 2.39. The number of alkyl carbamates (subject to hydrolysis) is 1. The van der Waals surface area contributed by atoms with E-state index in [9.17, 15) is 33.6 Å². The van der Waals surface area contributed by atoms with Gasteiger partial charge in [0.2, 0.25) is 0 Å². The molecule has 0 heterocycles. The van der Waals surface area contributed by atoms with Gasteiger partial charge in [-0.05, 0) is 33.5 Å². The smallest absolute Gasteiger partial charge is 0.408 e. The third-order valence-electron chi connectivity index (χ3n) is 7.04. The molecule has 312 valence electrons. The van der Waals surface area contributed by atoms with Crippen LogP contribution < -0.4 is 37.2 Å². The van der Waals surface area contributed by atoms with Crippen LogP contribution in [-0.2, 0) is 38.2 Å². The lowest BCUT2D eigenvalue weighted by Gasteiger charge is -2.27. The first-order valence-electron chi connectivity index (χ1n) is 18.5. The van der Waals surface area contributed by atoms with Crippen LogP contribution in [0.15, 0.2) is 0 Å². The largest absolute Gasteiger partial charge is 0.447 e. The van der Waals surface area contributed by atoms with Crippen LogP contribution >= 0.6 is 0 Å². The second-order valence-electron chi connectivity index (χ2n) is 19.6. The van der Waals surface area contributed by atoms with E-state index in [0.717, 1.165) is 6.42 Å². The van der Waals surface area contributed by atoms with Crippen LogP contribution in [0.2, 0.25) is 0 Å². The second-order valence-corrected chi connectivity index (χ2v) is 19.6. The Hall–Kier alpha value is -3.95. The molecule has 7 amide bonds. The first kappa shape index (κ1) is 50.1. The van der Waals surface area contributed by atoms with Crippen molar-refractivity contribution in [2.24, 2.45) is 27.1 Å². The van der Waals surface area contributed by atoms with Crippen molar-refractivity contribution in [3.05, 3.63) is 0 Å². The normalized spacial score (nSPS) is 12.6. The highest BCUT2D eigenvalue weighted by atomic mass is 16.6. The van der Waals surface area contributed by atoms with Gasteiger partial charge in [0.1, 0.15) is 6.61 Å². The molecule has 0 aromatic rings. The van der Waals surface area contributed by atoms with Crippen molar-refractivity contribution in [1.82, 2.24) is 37.2 Å². The van der Waals surface area contributed by atoms with Crippen LogP contribution in [0.1, 0.15) is 110 Å². The topological polar surface area (TPSA) is 222 Å². The Bertz CT molecular complexity index is 1150. The van der Waals surface area contributed by atoms with E-state index in [1.807, 2.05) is 83.1 Å². The average molecular weight is 770 g/mol. The van der Waals surface area contributed by atoms with E-state index in [-0.39, 0.29) is 66.5 Å². The summed E-state index contributed by atoms with van der Waals surface area (Å²) in [6.07, 6.45) is -0.454. The number of amides is 7. The molecular formula is C38H71N7O9. The Balaban J connectivity index is 6.55. The molecule has 16 heteroatoms. The minimum Gasteiger partial charge on any atom is -0.447 e. The number of carbonyl (C=O) groups excluding carboxylic acids is 7. The van der Waals surface area contributed by atoms with Gasteiger partial charge in [0, 0.05) is 32.8 Å². The lowest BCUT2D eigenvalue weighted by Crippen LogP contribution is -2.65. The summed E-state index contributed by atoms with van der Waals surface area (Å²) in [5.74, 6) is -6.01. The quantitative estimate of drug-likeness (QED) is 0.0801. The zero-order valence-electron chi connectivity index (χ0n) is 35.6. The number of carbonyl (C=O) groups is 7. The Morgan fingerprint density at radius 3 is 0.963 bits per heavy atom. The summed E-state index contributed by atoms with van der Waals surface area (Å²) >= 11 is 0. The first-order valence-corrected chi connectivity index (χ1v) is 18.5. The summed E-state index contributed by atoms with van der Waals surface area (Å²) in [7, 11) is 0. The maximum atomic E-state index is 13.9. The zero-order valence-corrected chi connectivity index (χ0v) is 35.6. The number of nitrogens with one attached hydrogen (secondary N) is 7. The molecule has 54 heavy (non-hydrogen) atoms. The fourth-order valence-electron chi connectivity index (χ4n) is 3.85. The van der Waals surface area contributed by atoms with E-state index >= 15 is 0 Å². The maximum Gasteiger partial charge on any atom is 0.408 e. The molecule has 0 aromatic heterocycles. The summed E-state index contributed by atoms with van der Waals surface area (Å²) in [5.41, 5.74) is -1.50. The molecule has 0 saturated heterocycles. The van der Waals surface area contributed by atoms with Crippen molar-refractivity contribution in [2.45, 2.75) is 128 Å². The van der Waals surface area contributed by atoms with Gasteiger partial charge in [0.05, 0.1) is 6.61 Å². The van der Waals surface area contributed by atoms with Crippen molar-refractivity contribution < 1.29 is 43.0 Å². The fraction of sp³-hybridized carbons (Fsp3) is 0.816. The predicted molar refractivity (Wildman–Crippen MR) is 207 cm³/mol. The molecule has 0 aliphatic carbocycles. The van der Waals surface area contributed by atoms with Gasteiger partial charge in [-0.3, -0.25) is 28.8 Å². The van der Waals surface area contributed by atoms with Gasteiger partial charge >= 0.3 is 6.09 Å². The summed E-state index contributed by atoms with van der Waals surface area (Å²) in [6.45, 7) is 29.3. The van der Waals surface area contributed by atoms with Crippen molar-refractivity contribution >= 4 is 41.5 Å². The molecule has 0 unspecified atom stereocenters.